The normalized spacial score (nSPS) is 11.9. The molecular weight excluding hydrogens is 318 g/mol. The molecule has 0 amide bonds. The molecule has 0 spiro atoms. The van der Waals surface area contributed by atoms with Gasteiger partial charge in [-0.15, -0.1) is 0 Å². The molecule has 16 heavy (non-hydrogen) atoms. The van der Waals surface area contributed by atoms with Gasteiger partial charge in [0.15, 0.2) is 5.75 Å². The topological polar surface area (TPSA) is 46.6 Å². The first-order valence-electron chi connectivity index (χ1n) is 4.26. The number of rotatable bonds is 3. The zero-order chi connectivity index (χ0) is 12.5. The molecule has 4 nitrogen and oxygen atoms in total. The van der Waals surface area contributed by atoms with Crippen LogP contribution in [0.5, 0.6) is 5.75 Å². The summed E-state index contributed by atoms with van der Waals surface area (Å²) in [5.41, 5.74) is 0. The Balaban J connectivity index is 3.56. The minimum atomic E-state index is -3.57. The minimum Gasteiger partial charge on any atom is -0.494 e. The Bertz CT molecular complexity index is 502. The summed E-state index contributed by atoms with van der Waals surface area (Å²) in [5.74, 6) is 0.248. The molecule has 0 aliphatic heterocycles. The Kier molecular flexibility index (Phi) is 4.23. The Morgan fingerprint density at radius 1 is 1.38 bits per heavy atom. The summed E-state index contributed by atoms with van der Waals surface area (Å²) in [7, 11) is 0.731. The maximum Gasteiger partial charge on any atom is 0.246 e. The van der Waals surface area contributed by atoms with E-state index in [1.54, 1.807) is 6.07 Å². The predicted molar refractivity (Wildman–Crippen MR) is 66.6 cm³/mol. The monoisotopic (exact) mass is 327 g/mol. The fourth-order valence-corrected chi connectivity index (χ4v) is 3.39. The molecule has 0 radical (unpaired) electrons. The zero-order valence-corrected chi connectivity index (χ0v) is 12.1. The van der Waals surface area contributed by atoms with Crippen molar-refractivity contribution in [3.05, 3.63) is 21.6 Å². The first-order chi connectivity index (χ1) is 7.30. The van der Waals surface area contributed by atoms with E-state index in [1.807, 2.05) is 0 Å². The van der Waals surface area contributed by atoms with Crippen LogP contribution in [0.25, 0.3) is 0 Å². The van der Waals surface area contributed by atoms with Crippen LogP contribution in [0.4, 0.5) is 0 Å². The first-order valence-corrected chi connectivity index (χ1v) is 6.87. The number of hydrogen-bond donors (Lipinski definition) is 0. The summed E-state index contributed by atoms with van der Waals surface area (Å²) in [6.07, 6.45) is 0. The molecule has 0 fully saturated rings. The van der Waals surface area contributed by atoms with Crippen LogP contribution in [0.2, 0.25) is 5.02 Å². The van der Waals surface area contributed by atoms with Gasteiger partial charge in [-0.1, -0.05) is 11.6 Å². The molecule has 1 rings (SSSR count). The molecule has 0 saturated heterocycles. The van der Waals surface area contributed by atoms with Crippen molar-refractivity contribution in [2.45, 2.75) is 4.90 Å². The largest absolute Gasteiger partial charge is 0.494 e. The highest BCUT2D eigenvalue weighted by Crippen LogP contribution is 2.36. The molecule has 0 saturated carbocycles. The predicted octanol–water partition coefficient (Wildman–Crippen LogP) is 2.36. The van der Waals surface area contributed by atoms with Crippen molar-refractivity contribution in [3.8, 4) is 5.75 Å². The van der Waals surface area contributed by atoms with Crippen LogP contribution in [-0.2, 0) is 10.0 Å². The molecule has 0 atom stereocenters. The standard InChI is InChI=1S/C9H11BrClNO3S/c1-12(2)16(13,14)8-5-6(11)4-7(10)9(8)15-3/h4-5H,1-3H3. The van der Waals surface area contributed by atoms with Crippen LogP contribution in [0.3, 0.4) is 0 Å². The summed E-state index contributed by atoms with van der Waals surface area (Å²) in [6.45, 7) is 0. The maximum atomic E-state index is 12.0. The van der Waals surface area contributed by atoms with E-state index in [2.05, 4.69) is 15.9 Å². The van der Waals surface area contributed by atoms with Crippen molar-refractivity contribution in [2.24, 2.45) is 0 Å². The fraction of sp³-hybridized carbons (Fsp3) is 0.333. The van der Waals surface area contributed by atoms with E-state index >= 15 is 0 Å². The van der Waals surface area contributed by atoms with Gasteiger partial charge >= 0.3 is 0 Å². The minimum absolute atomic E-state index is 0.0411. The van der Waals surface area contributed by atoms with Crippen molar-refractivity contribution >= 4 is 37.6 Å². The van der Waals surface area contributed by atoms with E-state index in [0.29, 0.717) is 9.50 Å². The van der Waals surface area contributed by atoms with Crippen molar-refractivity contribution in [1.82, 2.24) is 4.31 Å². The van der Waals surface area contributed by atoms with Gasteiger partial charge in [0, 0.05) is 19.1 Å². The van der Waals surface area contributed by atoms with Gasteiger partial charge in [0.2, 0.25) is 10.0 Å². The van der Waals surface area contributed by atoms with Crippen LogP contribution >= 0.6 is 27.5 Å². The fourth-order valence-electron chi connectivity index (χ4n) is 1.12. The Morgan fingerprint density at radius 3 is 2.38 bits per heavy atom. The summed E-state index contributed by atoms with van der Waals surface area (Å²) in [6, 6.07) is 2.94. The van der Waals surface area contributed by atoms with Gasteiger partial charge in [-0.25, -0.2) is 12.7 Å². The molecule has 0 unspecified atom stereocenters. The van der Waals surface area contributed by atoms with E-state index in [0.717, 1.165) is 4.31 Å². The van der Waals surface area contributed by atoms with Crippen molar-refractivity contribution < 1.29 is 13.2 Å². The SMILES string of the molecule is COc1c(Br)cc(Cl)cc1S(=O)(=O)N(C)C. The molecule has 0 aliphatic carbocycles. The molecule has 0 N–H and O–H groups in total. The quantitative estimate of drug-likeness (QED) is 0.856. The van der Waals surface area contributed by atoms with E-state index in [4.69, 9.17) is 16.3 Å². The second-order valence-corrected chi connectivity index (χ2v) is 6.62. The van der Waals surface area contributed by atoms with Crippen LogP contribution in [-0.4, -0.2) is 33.9 Å². The number of hydrogen-bond acceptors (Lipinski definition) is 3. The lowest BCUT2D eigenvalue weighted by molar-refractivity contribution is 0.397. The Labute approximate surface area is 108 Å². The molecule has 0 aliphatic rings. The molecule has 1 aromatic carbocycles. The third kappa shape index (κ3) is 2.51. The second kappa shape index (κ2) is 4.91. The smallest absolute Gasteiger partial charge is 0.246 e. The number of nitrogens with zero attached hydrogens (tertiary/aromatic N) is 1. The van der Waals surface area contributed by atoms with E-state index in [1.165, 1.54) is 27.3 Å². The van der Waals surface area contributed by atoms with Gasteiger partial charge in [0.05, 0.1) is 11.6 Å². The van der Waals surface area contributed by atoms with Gasteiger partial charge in [0.1, 0.15) is 4.90 Å². The van der Waals surface area contributed by atoms with Crippen LogP contribution in [0.1, 0.15) is 0 Å². The number of methoxy groups -OCH3 is 1. The van der Waals surface area contributed by atoms with Crippen LogP contribution in [0.15, 0.2) is 21.5 Å². The number of halogens is 2. The van der Waals surface area contributed by atoms with Crippen LogP contribution in [0, 0.1) is 0 Å². The molecule has 0 bridgehead atoms. The molecule has 90 valence electrons. The molecular formula is C9H11BrClNO3S. The highest BCUT2D eigenvalue weighted by Gasteiger charge is 2.24. The van der Waals surface area contributed by atoms with Gasteiger partial charge in [-0.05, 0) is 28.1 Å². The second-order valence-electron chi connectivity index (χ2n) is 3.21. The molecule has 0 aromatic heterocycles. The van der Waals surface area contributed by atoms with Crippen LogP contribution < -0.4 is 4.74 Å². The average Bonchev–Trinajstić information content (AvgIpc) is 2.16. The zero-order valence-electron chi connectivity index (χ0n) is 8.99. The molecule has 0 heterocycles. The Hall–Kier alpha value is -0.300. The highest BCUT2D eigenvalue weighted by atomic mass is 79.9. The van der Waals surface area contributed by atoms with E-state index < -0.39 is 10.0 Å². The summed E-state index contributed by atoms with van der Waals surface area (Å²) in [5, 5.41) is 0.327. The van der Waals surface area contributed by atoms with E-state index in [-0.39, 0.29) is 10.6 Å². The summed E-state index contributed by atoms with van der Waals surface area (Å²) >= 11 is 9.03. The lowest BCUT2D eigenvalue weighted by Crippen LogP contribution is -2.22. The van der Waals surface area contributed by atoms with Gasteiger partial charge in [0.25, 0.3) is 0 Å². The number of ether oxygens (including phenoxy) is 1. The summed E-state index contributed by atoms with van der Waals surface area (Å²) in [4.78, 5) is 0.0411. The van der Waals surface area contributed by atoms with E-state index in [9.17, 15) is 8.42 Å². The lowest BCUT2D eigenvalue weighted by Gasteiger charge is -2.15. The lowest BCUT2D eigenvalue weighted by atomic mass is 10.3. The molecule has 1 aromatic rings. The maximum absolute atomic E-state index is 12.0. The van der Waals surface area contributed by atoms with Gasteiger partial charge < -0.3 is 4.74 Å². The third-order valence-corrected chi connectivity index (χ3v) is 4.56. The number of benzene rings is 1. The average molecular weight is 329 g/mol. The first kappa shape index (κ1) is 13.8. The Morgan fingerprint density at radius 2 is 1.94 bits per heavy atom. The number of sulfonamides is 1. The van der Waals surface area contributed by atoms with Crippen molar-refractivity contribution in [1.29, 1.82) is 0 Å². The molecule has 7 heteroatoms. The van der Waals surface area contributed by atoms with Gasteiger partial charge in [-0.2, -0.15) is 0 Å². The van der Waals surface area contributed by atoms with Crippen molar-refractivity contribution in [3.63, 3.8) is 0 Å². The van der Waals surface area contributed by atoms with Crippen molar-refractivity contribution in [2.75, 3.05) is 21.2 Å². The highest BCUT2D eigenvalue weighted by molar-refractivity contribution is 9.10. The van der Waals surface area contributed by atoms with Gasteiger partial charge in [-0.3, -0.25) is 0 Å². The third-order valence-electron chi connectivity index (χ3n) is 1.94. The summed E-state index contributed by atoms with van der Waals surface area (Å²) < 4.78 is 30.6.